The van der Waals surface area contributed by atoms with Crippen LogP contribution < -0.4 is 15.5 Å². The molecular formula is C18H18F3N7. The number of nitrogen functional groups attached to an aromatic ring is 1. The molecule has 3 aromatic rings. The number of nitrogens with zero attached hydrogens (tertiary/aromatic N) is 6. The molecule has 2 N–H and O–H groups in total. The summed E-state index contributed by atoms with van der Waals surface area (Å²) in [5, 5.41) is 0.817. The van der Waals surface area contributed by atoms with E-state index in [1.165, 1.54) is 12.4 Å². The van der Waals surface area contributed by atoms with E-state index in [0.29, 0.717) is 36.9 Å². The predicted molar refractivity (Wildman–Crippen MR) is 100 cm³/mol. The third-order valence-corrected chi connectivity index (χ3v) is 4.69. The summed E-state index contributed by atoms with van der Waals surface area (Å²) in [6.07, 6.45) is -1.22. The SMILES string of the molecule is Nc1ccc2c(N3CCCN(c4ccc(C(F)(F)F)cn4)CC3)ncnc2n1. The standard InChI is InChI=1S/C18H18F3N7/c19-18(20,21)12-2-5-15(23-10-12)27-6-1-7-28(9-8-27)17-13-3-4-14(22)26-16(13)24-11-25-17/h2-5,10-11H,1,6-9H2,(H2,22,24,25,26). The minimum absolute atomic E-state index is 0.396. The number of pyridine rings is 2. The van der Waals surface area contributed by atoms with Crippen molar-refractivity contribution >= 4 is 28.5 Å². The first-order valence-corrected chi connectivity index (χ1v) is 8.82. The van der Waals surface area contributed by atoms with E-state index in [2.05, 4.69) is 24.8 Å². The lowest BCUT2D eigenvalue weighted by Crippen LogP contribution is -2.31. The second-order valence-electron chi connectivity index (χ2n) is 6.54. The number of halogens is 3. The van der Waals surface area contributed by atoms with Crippen molar-refractivity contribution < 1.29 is 13.2 Å². The fourth-order valence-corrected chi connectivity index (χ4v) is 3.29. The van der Waals surface area contributed by atoms with E-state index in [0.717, 1.165) is 36.4 Å². The van der Waals surface area contributed by atoms with Crippen LogP contribution in [-0.4, -0.2) is 46.1 Å². The second kappa shape index (κ2) is 7.10. The zero-order valence-corrected chi connectivity index (χ0v) is 14.9. The highest BCUT2D eigenvalue weighted by atomic mass is 19.4. The van der Waals surface area contributed by atoms with Crippen LogP contribution in [0, 0.1) is 0 Å². The van der Waals surface area contributed by atoms with Gasteiger partial charge >= 0.3 is 6.18 Å². The summed E-state index contributed by atoms with van der Waals surface area (Å²) in [6.45, 7) is 2.72. The number of hydrogen-bond acceptors (Lipinski definition) is 7. The Labute approximate surface area is 159 Å². The van der Waals surface area contributed by atoms with Crippen LogP contribution in [0.2, 0.25) is 0 Å². The van der Waals surface area contributed by atoms with E-state index in [1.807, 2.05) is 11.0 Å². The van der Waals surface area contributed by atoms with Gasteiger partial charge in [0.15, 0.2) is 5.65 Å². The van der Waals surface area contributed by atoms with Crippen molar-refractivity contribution in [3.05, 3.63) is 42.4 Å². The van der Waals surface area contributed by atoms with Gasteiger partial charge in [0.2, 0.25) is 0 Å². The van der Waals surface area contributed by atoms with Crippen LogP contribution in [0.25, 0.3) is 11.0 Å². The molecule has 4 heterocycles. The van der Waals surface area contributed by atoms with E-state index >= 15 is 0 Å². The first-order chi connectivity index (χ1) is 13.4. The Morgan fingerprint density at radius 3 is 2.43 bits per heavy atom. The lowest BCUT2D eigenvalue weighted by atomic mass is 10.2. The van der Waals surface area contributed by atoms with Crippen molar-refractivity contribution in [2.75, 3.05) is 41.7 Å². The molecule has 0 aromatic carbocycles. The molecule has 1 saturated heterocycles. The van der Waals surface area contributed by atoms with Gasteiger partial charge in [0.05, 0.1) is 10.9 Å². The number of hydrogen-bond donors (Lipinski definition) is 1. The van der Waals surface area contributed by atoms with Crippen LogP contribution in [0.5, 0.6) is 0 Å². The van der Waals surface area contributed by atoms with Crippen molar-refractivity contribution in [2.45, 2.75) is 12.6 Å². The summed E-state index contributed by atoms with van der Waals surface area (Å²) in [4.78, 5) is 20.9. The molecule has 146 valence electrons. The van der Waals surface area contributed by atoms with Gasteiger partial charge in [-0.2, -0.15) is 13.2 Å². The Hall–Kier alpha value is -3.17. The molecule has 4 rings (SSSR count). The lowest BCUT2D eigenvalue weighted by Gasteiger charge is -2.24. The Balaban J connectivity index is 1.53. The molecule has 0 spiro atoms. The Morgan fingerprint density at radius 1 is 0.893 bits per heavy atom. The third kappa shape index (κ3) is 3.62. The first-order valence-electron chi connectivity index (χ1n) is 8.82. The summed E-state index contributed by atoms with van der Waals surface area (Å²) >= 11 is 0. The molecule has 0 radical (unpaired) electrons. The van der Waals surface area contributed by atoms with Gasteiger partial charge in [0.25, 0.3) is 0 Å². The molecule has 0 unspecified atom stereocenters. The summed E-state index contributed by atoms with van der Waals surface area (Å²) in [5.41, 5.74) is 5.52. The highest BCUT2D eigenvalue weighted by Gasteiger charge is 2.31. The number of fused-ring (bicyclic) bond motifs is 1. The highest BCUT2D eigenvalue weighted by Crippen LogP contribution is 2.30. The number of nitrogens with two attached hydrogens (primary N) is 1. The van der Waals surface area contributed by atoms with Crippen molar-refractivity contribution in [2.24, 2.45) is 0 Å². The van der Waals surface area contributed by atoms with E-state index < -0.39 is 11.7 Å². The van der Waals surface area contributed by atoms with Gasteiger partial charge in [-0.1, -0.05) is 0 Å². The molecule has 10 heteroatoms. The van der Waals surface area contributed by atoms with Gasteiger partial charge in [0.1, 0.15) is 23.8 Å². The molecule has 1 fully saturated rings. The maximum atomic E-state index is 12.7. The van der Waals surface area contributed by atoms with Crippen LogP contribution in [-0.2, 0) is 6.18 Å². The summed E-state index contributed by atoms with van der Waals surface area (Å²) in [7, 11) is 0. The van der Waals surface area contributed by atoms with E-state index in [4.69, 9.17) is 5.73 Å². The normalized spacial score (nSPS) is 15.7. The van der Waals surface area contributed by atoms with E-state index in [-0.39, 0.29) is 0 Å². The number of anilines is 3. The summed E-state index contributed by atoms with van der Waals surface area (Å²) in [5.74, 6) is 1.71. The molecular weight excluding hydrogens is 371 g/mol. The Bertz CT molecular complexity index is 975. The Kier molecular flexibility index (Phi) is 4.62. The molecule has 28 heavy (non-hydrogen) atoms. The van der Waals surface area contributed by atoms with Crippen molar-refractivity contribution in [1.29, 1.82) is 0 Å². The molecule has 1 aliphatic rings. The zero-order chi connectivity index (χ0) is 19.7. The number of alkyl halides is 3. The molecule has 0 saturated carbocycles. The first kappa shape index (κ1) is 18.2. The van der Waals surface area contributed by atoms with Crippen molar-refractivity contribution in [3.8, 4) is 0 Å². The topological polar surface area (TPSA) is 84.1 Å². The molecule has 0 amide bonds. The van der Waals surface area contributed by atoms with Crippen LogP contribution in [0.1, 0.15) is 12.0 Å². The van der Waals surface area contributed by atoms with Gasteiger partial charge in [-0.15, -0.1) is 0 Å². The lowest BCUT2D eigenvalue weighted by molar-refractivity contribution is -0.137. The minimum Gasteiger partial charge on any atom is -0.384 e. The largest absolute Gasteiger partial charge is 0.417 e. The van der Waals surface area contributed by atoms with E-state index in [1.54, 1.807) is 6.07 Å². The predicted octanol–water partition coefficient (Wildman–Crippen LogP) is 2.74. The van der Waals surface area contributed by atoms with Gasteiger partial charge < -0.3 is 15.5 Å². The minimum atomic E-state index is -4.38. The molecule has 0 atom stereocenters. The third-order valence-electron chi connectivity index (χ3n) is 4.69. The average molecular weight is 389 g/mol. The van der Waals surface area contributed by atoms with Gasteiger partial charge in [-0.25, -0.2) is 19.9 Å². The fourth-order valence-electron chi connectivity index (χ4n) is 3.29. The smallest absolute Gasteiger partial charge is 0.384 e. The van der Waals surface area contributed by atoms with Crippen molar-refractivity contribution in [3.63, 3.8) is 0 Å². The molecule has 1 aliphatic heterocycles. The van der Waals surface area contributed by atoms with Crippen LogP contribution in [0.15, 0.2) is 36.8 Å². The molecule has 0 aliphatic carbocycles. The fraction of sp³-hybridized carbons (Fsp3) is 0.333. The monoisotopic (exact) mass is 389 g/mol. The van der Waals surface area contributed by atoms with Crippen LogP contribution in [0.4, 0.5) is 30.6 Å². The number of rotatable bonds is 2. The summed E-state index contributed by atoms with van der Waals surface area (Å²) < 4.78 is 38.2. The van der Waals surface area contributed by atoms with Gasteiger partial charge in [0, 0.05) is 32.4 Å². The summed E-state index contributed by atoms with van der Waals surface area (Å²) in [6, 6.07) is 6.06. The molecule has 3 aromatic heterocycles. The van der Waals surface area contributed by atoms with Crippen LogP contribution in [0.3, 0.4) is 0 Å². The van der Waals surface area contributed by atoms with Crippen LogP contribution >= 0.6 is 0 Å². The molecule has 0 bridgehead atoms. The zero-order valence-electron chi connectivity index (χ0n) is 14.9. The van der Waals surface area contributed by atoms with Crippen molar-refractivity contribution in [1.82, 2.24) is 19.9 Å². The second-order valence-corrected chi connectivity index (χ2v) is 6.54. The molecule has 7 nitrogen and oxygen atoms in total. The highest BCUT2D eigenvalue weighted by molar-refractivity contribution is 5.87. The maximum Gasteiger partial charge on any atom is 0.417 e. The van der Waals surface area contributed by atoms with E-state index in [9.17, 15) is 13.2 Å². The number of aromatic nitrogens is 4. The maximum absolute atomic E-state index is 12.7. The van der Waals surface area contributed by atoms with Gasteiger partial charge in [-0.3, -0.25) is 0 Å². The Morgan fingerprint density at radius 2 is 1.68 bits per heavy atom. The quantitative estimate of drug-likeness (QED) is 0.721. The van der Waals surface area contributed by atoms with Gasteiger partial charge in [-0.05, 0) is 30.7 Å². The average Bonchev–Trinajstić information content (AvgIpc) is 2.93.